The second-order valence-electron chi connectivity index (χ2n) is 6.99. The average molecular weight is 366 g/mol. The molecule has 0 radical (unpaired) electrons. The lowest BCUT2D eigenvalue weighted by molar-refractivity contribution is 0.0637. The van der Waals surface area contributed by atoms with Gasteiger partial charge in [-0.05, 0) is 55.8 Å². The van der Waals surface area contributed by atoms with Gasteiger partial charge in [0.05, 0.1) is 0 Å². The number of aryl methyl sites for hydroxylation is 2. The summed E-state index contributed by atoms with van der Waals surface area (Å²) >= 11 is 0. The maximum atomic E-state index is 12.7. The number of hydrogen-bond acceptors (Lipinski definition) is 4. The van der Waals surface area contributed by atoms with Crippen LogP contribution in [0.2, 0.25) is 0 Å². The number of benzene rings is 1. The van der Waals surface area contributed by atoms with E-state index in [1.54, 1.807) is 17.0 Å². The highest BCUT2D eigenvalue weighted by Crippen LogP contribution is 2.16. The summed E-state index contributed by atoms with van der Waals surface area (Å²) in [4.78, 5) is 33.6. The highest BCUT2D eigenvalue weighted by Gasteiger charge is 2.23. The summed E-state index contributed by atoms with van der Waals surface area (Å²) in [5.74, 6) is -0.362. The second-order valence-corrected chi connectivity index (χ2v) is 6.99. The number of anilines is 1. The molecule has 1 aromatic heterocycles. The first-order chi connectivity index (χ1) is 13.0. The molecule has 0 unspecified atom stereocenters. The van der Waals surface area contributed by atoms with E-state index in [4.69, 9.17) is 0 Å². The Bertz CT molecular complexity index is 822. The fraction of sp³-hybridized carbons (Fsp3) is 0.381. The minimum absolute atomic E-state index is 0.119. The van der Waals surface area contributed by atoms with E-state index in [1.807, 2.05) is 26.0 Å². The summed E-state index contributed by atoms with van der Waals surface area (Å²) in [5.41, 5.74) is 3.66. The molecule has 2 heterocycles. The Labute approximate surface area is 160 Å². The van der Waals surface area contributed by atoms with Crippen molar-refractivity contribution < 1.29 is 9.59 Å². The van der Waals surface area contributed by atoms with Gasteiger partial charge in [-0.15, -0.1) is 0 Å². The van der Waals surface area contributed by atoms with Crippen LogP contribution in [0.15, 0.2) is 36.5 Å². The Morgan fingerprint density at radius 1 is 1.04 bits per heavy atom. The van der Waals surface area contributed by atoms with Crippen LogP contribution in [0.5, 0.6) is 0 Å². The Balaban J connectivity index is 1.71. The minimum atomic E-state index is -0.243. The molecule has 0 spiro atoms. The van der Waals surface area contributed by atoms with Crippen molar-refractivity contribution in [2.45, 2.75) is 20.8 Å². The van der Waals surface area contributed by atoms with E-state index in [2.05, 4.69) is 28.2 Å². The van der Waals surface area contributed by atoms with Gasteiger partial charge in [-0.25, -0.2) is 0 Å². The molecule has 1 aromatic carbocycles. The molecule has 0 aliphatic carbocycles. The third kappa shape index (κ3) is 4.71. The molecule has 2 amide bonds. The van der Waals surface area contributed by atoms with Crippen LogP contribution in [0.3, 0.4) is 0 Å². The number of rotatable bonds is 4. The number of pyridine rings is 1. The van der Waals surface area contributed by atoms with Gasteiger partial charge in [0.25, 0.3) is 11.8 Å². The Morgan fingerprint density at radius 2 is 1.70 bits per heavy atom. The summed E-state index contributed by atoms with van der Waals surface area (Å²) in [6.45, 7) is 10.2. The Hall–Kier alpha value is -2.73. The maximum absolute atomic E-state index is 12.7. The summed E-state index contributed by atoms with van der Waals surface area (Å²) in [6, 6.07) is 9.10. The number of carbonyl (C=O) groups is 2. The quantitative estimate of drug-likeness (QED) is 0.904. The lowest BCUT2D eigenvalue weighted by Crippen LogP contribution is -2.48. The zero-order valence-corrected chi connectivity index (χ0v) is 16.2. The van der Waals surface area contributed by atoms with Crippen molar-refractivity contribution in [2.75, 3.05) is 38.0 Å². The molecule has 1 fully saturated rings. The van der Waals surface area contributed by atoms with E-state index in [9.17, 15) is 9.59 Å². The van der Waals surface area contributed by atoms with Crippen LogP contribution in [0, 0.1) is 13.8 Å². The number of carbonyl (C=O) groups excluding carboxylic acids is 2. The number of amides is 2. The van der Waals surface area contributed by atoms with Gasteiger partial charge in [0.15, 0.2) is 0 Å². The molecule has 1 N–H and O–H groups in total. The molecule has 142 valence electrons. The highest BCUT2D eigenvalue weighted by molar-refractivity contribution is 6.05. The normalized spacial score (nSPS) is 14.9. The molecule has 6 heteroatoms. The summed E-state index contributed by atoms with van der Waals surface area (Å²) in [5, 5.41) is 2.90. The number of nitrogens with zero attached hydrogens (tertiary/aromatic N) is 3. The van der Waals surface area contributed by atoms with E-state index in [0.717, 1.165) is 36.4 Å². The third-order valence-electron chi connectivity index (χ3n) is 4.83. The molecule has 1 aliphatic heterocycles. The maximum Gasteiger partial charge on any atom is 0.272 e. The van der Waals surface area contributed by atoms with Crippen molar-refractivity contribution in [1.82, 2.24) is 14.8 Å². The summed E-state index contributed by atoms with van der Waals surface area (Å²) in [7, 11) is 0. The zero-order chi connectivity index (χ0) is 19.4. The smallest absolute Gasteiger partial charge is 0.272 e. The highest BCUT2D eigenvalue weighted by atomic mass is 16.2. The van der Waals surface area contributed by atoms with Crippen molar-refractivity contribution in [3.8, 4) is 0 Å². The van der Waals surface area contributed by atoms with Gasteiger partial charge >= 0.3 is 0 Å². The molecule has 3 rings (SSSR count). The van der Waals surface area contributed by atoms with E-state index in [0.29, 0.717) is 24.3 Å². The van der Waals surface area contributed by atoms with Crippen molar-refractivity contribution >= 4 is 17.5 Å². The molecular weight excluding hydrogens is 340 g/mol. The van der Waals surface area contributed by atoms with E-state index in [-0.39, 0.29) is 11.8 Å². The monoisotopic (exact) mass is 366 g/mol. The van der Waals surface area contributed by atoms with E-state index in [1.165, 1.54) is 6.20 Å². The summed E-state index contributed by atoms with van der Waals surface area (Å²) < 4.78 is 0. The van der Waals surface area contributed by atoms with Gasteiger partial charge in [-0.1, -0.05) is 13.0 Å². The standard InChI is InChI=1S/C21H26N4O2/c1-4-24-7-9-25(10-8-24)21(27)19-14-17(5-6-22-19)20(26)23-18-12-15(2)11-16(3)13-18/h5-6,11-14H,4,7-10H2,1-3H3,(H,23,26). The molecule has 1 aliphatic rings. The largest absolute Gasteiger partial charge is 0.335 e. The first-order valence-electron chi connectivity index (χ1n) is 9.33. The third-order valence-corrected chi connectivity index (χ3v) is 4.83. The number of likely N-dealkylation sites (N-methyl/N-ethyl adjacent to an activating group) is 1. The first kappa shape index (κ1) is 19.0. The summed E-state index contributed by atoms with van der Waals surface area (Å²) in [6.07, 6.45) is 1.52. The fourth-order valence-corrected chi connectivity index (χ4v) is 3.37. The van der Waals surface area contributed by atoms with Gasteiger partial charge in [-0.2, -0.15) is 0 Å². The molecule has 0 bridgehead atoms. The van der Waals surface area contributed by atoms with Crippen molar-refractivity contribution in [3.05, 3.63) is 58.9 Å². The lowest BCUT2D eigenvalue weighted by Gasteiger charge is -2.33. The topological polar surface area (TPSA) is 65.5 Å². The van der Waals surface area contributed by atoms with Crippen molar-refractivity contribution in [1.29, 1.82) is 0 Å². The number of aromatic nitrogens is 1. The van der Waals surface area contributed by atoms with Gasteiger partial charge in [0.2, 0.25) is 0 Å². The molecule has 1 saturated heterocycles. The van der Waals surface area contributed by atoms with E-state index < -0.39 is 0 Å². The van der Waals surface area contributed by atoms with Crippen LogP contribution >= 0.6 is 0 Å². The lowest BCUT2D eigenvalue weighted by atomic mass is 10.1. The average Bonchev–Trinajstić information content (AvgIpc) is 2.67. The molecule has 0 saturated carbocycles. The van der Waals surface area contributed by atoms with Crippen molar-refractivity contribution in [2.24, 2.45) is 0 Å². The zero-order valence-electron chi connectivity index (χ0n) is 16.2. The van der Waals surface area contributed by atoms with Crippen LogP contribution in [0.25, 0.3) is 0 Å². The first-order valence-corrected chi connectivity index (χ1v) is 9.33. The fourth-order valence-electron chi connectivity index (χ4n) is 3.37. The van der Waals surface area contributed by atoms with Gasteiger partial charge < -0.3 is 15.1 Å². The van der Waals surface area contributed by atoms with Crippen LogP contribution in [0.4, 0.5) is 5.69 Å². The van der Waals surface area contributed by atoms with Gasteiger partial charge in [0.1, 0.15) is 5.69 Å². The Kier molecular flexibility index (Phi) is 5.86. The number of nitrogens with one attached hydrogen (secondary N) is 1. The minimum Gasteiger partial charge on any atom is -0.335 e. The second kappa shape index (κ2) is 8.31. The van der Waals surface area contributed by atoms with Crippen molar-refractivity contribution in [3.63, 3.8) is 0 Å². The molecule has 2 aromatic rings. The predicted molar refractivity (Wildman–Crippen MR) is 106 cm³/mol. The predicted octanol–water partition coefficient (Wildman–Crippen LogP) is 2.73. The molecular formula is C21H26N4O2. The van der Waals surface area contributed by atoms with Crippen LogP contribution in [-0.4, -0.2) is 59.3 Å². The molecule has 0 atom stereocenters. The molecule has 6 nitrogen and oxygen atoms in total. The number of hydrogen-bond donors (Lipinski definition) is 1. The number of piperazine rings is 1. The van der Waals surface area contributed by atoms with Gasteiger partial charge in [0, 0.05) is 43.6 Å². The Morgan fingerprint density at radius 3 is 2.33 bits per heavy atom. The SMILES string of the molecule is CCN1CCN(C(=O)c2cc(C(=O)Nc3cc(C)cc(C)c3)ccn2)CC1. The van der Waals surface area contributed by atoms with E-state index >= 15 is 0 Å². The van der Waals surface area contributed by atoms with Crippen LogP contribution in [0.1, 0.15) is 38.9 Å². The van der Waals surface area contributed by atoms with Crippen LogP contribution in [-0.2, 0) is 0 Å². The van der Waals surface area contributed by atoms with Gasteiger partial charge in [-0.3, -0.25) is 14.6 Å². The molecule has 27 heavy (non-hydrogen) atoms. The van der Waals surface area contributed by atoms with Crippen LogP contribution < -0.4 is 5.32 Å².